The van der Waals surface area contributed by atoms with Gasteiger partial charge in [-0.3, -0.25) is 0 Å². The number of hydrogen-bond donors (Lipinski definition) is 0. The third kappa shape index (κ3) is 3.83. The number of rotatable bonds is 4. The molecule has 1 aromatic heterocycles. The number of sulfonamides is 1. The Morgan fingerprint density at radius 2 is 1.47 bits per heavy atom. The molecule has 0 bridgehead atoms. The van der Waals surface area contributed by atoms with Crippen molar-refractivity contribution >= 4 is 26.6 Å². The van der Waals surface area contributed by atoms with Gasteiger partial charge in [-0.15, -0.1) is 10.2 Å². The van der Waals surface area contributed by atoms with Gasteiger partial charge in [-0.25, -0.2) is 12.8 Å². The molecule has 2 heterocycles. The monoisotopic (exact) mass is 448 g/mol. The number of nitrogens with zero attached hydrogens (tertiary/aromatic N) is 4. The first-order valence-corrected chi connectivity index (χ1v) is 11.8. The minimum atomic E-state index is -3.86. The number of halogens is 1. The van der Waals surface area contributed by atoms with Crippen molar-refractivity contribution in [3.8, 4) is 11.3 Å². The van der Waals surface area contributed by atoms with Crippen LogP contribution in [0.25, 0.3) is 22.0 Å². The van der Waals surface area contributed by atoms with E-state index in [0.29, 0.717) is 18.9 Å². The summed E-state index contributed by atoms with van der Waals surface area (Å²) in [6.07, 6.45) is 0. The van der Waals surface area contributed by atoms with Crippen LogP contribution in [-0.2, 0) is 10.0 Å². The fourth-order valence-electron chi connectivity index (χ4n) is 3.95. The van der Waals surface area contributed by atoms with Crippen LogP contribution in [0.5, 0.6) is 0 Å². The summed E-state index contributed by atoms with van der Waals surface area (Å²) >= 11 is 0. The van der Waals surface area contributed by atoms with E-state index in [2.05, 4.69) is 34.5 Å². The van der Waals surface area contributed by atoms with Gasteiger partial charge in [-0.1, -0.05) is 48.5 Å². The van der Waals surface area contributed by atoms with E-state index >= 15 is 0 Å². The fourth-order valence-corrected chi connectivity index (χ4v) is 5.43. The Hall–Kier alpha value is -3.36. The zero-order valence-electron chi connectivity index (χ0n) is 17.2. The molecule has 1 aliphatic rings. The Bertz CT molecular complexity index is 1370. The van der Waals surface area contributed by atoms with Gasteiger partial charge in [0.25, 0.3) is 0 Å². The molecule has 0 atom stereocenters. The molecule has 0 unspecified atom stereocenters. The molecule has 0 amide bonds. The van der Waals surface area contributed by atoms with Crippen molar-refractivity contribution < 1.29 is 12.8 Å². The number of anilines is 1. The fraction of sp³-hybridized carbons (Fsp3) is 0.167. The van der Waals surface area contributed by atoms with Crippen LogP contribution in [0.2, 0.25) is 0 Å². The Morgan fingerprint density at radius 1 is 0.750 bits per heavy atom. The SMILES string of the molecule is O=S(=O)(c1ccccc1F)N1CCN(c2ccc(-c3ccc4ccccc4c3)nn2)CC1. The molecule has 8 heteroatoms. The third-order valence-corrected chi connectivity index (χ3v) is 7.64. The van der Waals surface area contributed by atoms with Gasteiger partial charge in [0, 0.05) is 31.7 Å². The summed E-state index contributed by atoms with van der Waals surface area (Å²) in [6, 6.07) is 23.6. The predicted molar refractivity (Wildman–Crippen MR) is 122 cm³/mol. The largest absolute Gasteiger partial charge is 0.352 e. The lowest BCUT2D eigenvalue weighted by Gasteiger charge is -2.34. The zero-order valence-corrected chi connectivity index (χ0v) is 18.0. The molecular formula is C24H21FN4O2S. The Kier molecular flexibility index (Phi) is 5.32. The molecule has 32 heavy (non-hydrogen) atoms. The Labute approximate surface area is 186 Å². The van der Waals surface area contributed by atoms with Gasteiger partial charge < -0.3 is 4.90 Å². The van der Waals surface area contributed by atoms with Gasteiger partial charge in [0.05, 0.1) is 5.69 Å². The second-order valence-electron chi connectivity index (χ2n) is 7.66. The van der Waals surface area contributed by atoms with Gasteiger partial charge in [0.2, 0.25) is 10.0 Å². The maximum Gasteiger partial charge on any atom is 0.246 e. The number of hydrogen-bond acceptors (Lipinski definition) is 5. The molecule has 0 saturated carbocycles. The van der Waals surface area contributed by atoms with Crippen LogP contribution >= 0.6 is 0 Å². The van der Waals surface area contributed by atoms with Crippen LogP contribution in [0.15, 0.2) is 83.8 Å². The molecule has 0 radical (unpaired) electrons. The van der Waals surface area contributed by atoms with E-state index in [-0.39, 0.29) is 18.0 Å². The highest BCUT2D eigenvalue weighted by atomic mass is 32.2. The molecule has 0 spiro atoms. The molecule has 4 aromatic rings. The Morgan fingerprint density at radius 3 is 2.19 bits per heavy atom. The second-order valence-corrected chi connectivity index (χ2v) is 9.57. The van der Waals surface area contributed by atoms with Crippen molar-refractivity contribution in [2.75, 3.05) is 31.1 Å². The molecule has 0 N–H and O–H groups in total. The summed E-state index contributed by atoms with van der Waals surface area (Å²) in [4.78, 5) is 1.71. The lowest BCUT2D eigenvalue weighted by Crippen LogP contribution is -2.49. The third-order valence-electron chi connectivity index (χ3n) is 5.71. The quantitative estimate of drug-likeness (QED) is 0.473. The van der Waals surface area contributed by atoms with Crippen LogP contribution in [-0.4, -0.2) is 49.1 Å². The summed E-state index contributed by atoms with van der Waals surface area (Å²) in [5, 5.41) is 11.1. The topological polar surface area (TPSA) is 66.4 Å². The van der Waals surface area contributed by atoms with E-state index in [9.17, 15) is 12.8 Å². The van der Waals surface area contributed by atoms with Crippen molar-refractivity contribution in [3.63, 3.8) is 0 Å². The van der Waals surface area contributed by atoms with E-state index in [1.807, 2.05) is 35.2 Å². The lowest BCUT2D eigenvalue weighted by atomic mass is 10.1. The van der Waals surface area contributed by atoms with Crippen molar-refractivity contribution in [1.29, 1.82) is 0 Å². The van der Waals surface area contributed by atoms with Crippen LogP contribution in [0, 0.1) is 5.82 Å². The molecule has 1 fully saturated rings. The van der Waals surface area contributed by atoms with Crippen LogP contribution in [0.3, 0.4) is 0 Å². The van der Waals surface area contributed by atoms with E-state index in [1.165, 1.54) is 27.9 Å². The lowest BCUT2D eigenvalue weighted by molar-refractivity contribution is 0.381. The molecule has 6 nitrogen and oxygen atoms in total. The summed E-state index contributed by atoms with van der Waals surface area (Å²) in [6.45, 7) is 1.42. The molecule has 1 saturated heterocycles. The smallest absolute Gasteiger partial charge is 0.246 e. The number of piperazine rings is 1. The highest BCUT2D eigenvalue weighted by Gasteiger charge is 2.30. The second kappa shape index (κ2) is 8.29. The molecular weight excluding hydrogens is 427 g/mol. The molecule has 0 aliphatic carbocycles. The normalized spacial score (nSPS) is 15.2. The van der Waals surface area contributed by atoms with Crippen molar-refractivity contribution in [1.82, 2.24) is 14.5 Å². The highest BCUT2D eigenvalue weighted by Crippen LogP contribution is 2.25. The summed E-state index contributed by atoms with van der Waals surface area (Å²) in [5.41, 5.74) is 1.77. The van der Waals surface area contributed by atoms with E-state index in [4.69, 9.17) is 0 Å². The predicted octanol–water partition coefficient (Wildman–Crippen LogP) is 3.95. The van der Waals surface area contributed by atoms with Crippen LogP contribution < -0.4 is 4.90 Å². The molecule has 1 aliphatic heterocycles. The average Bonchev–Trinajstić information content (AvgIpc) is 2.84. The summed E-state index contributed by atoms with van der Waals surface area (Å²) in [7, 11) is -3.86. The van der Waals surface area contributed by atoms with Gasteiger partial charge in [-0.2, -0.15) is 4.31 Å². The Balaban J connectivity index is 1.29. The number of aromatic nitrogens is 2. The van der Waals surface area contributed by atoms with Gasteiger partial charge in [0.1, 0.15) is 10.7 Å². The maximum absolute atomic E-state index is 14.0. The number of fused-ring (bicyclic) bond motifs is 1. The molecule has 3 aromatic carbocycles. The van der Waals surface area contributed by atoms with Crippen molar-refractivity contribution in [2.24, 2.45) is 0 Å². The highest BCUT2D eigenvalue weighted by molar-refractivity contribution is 7.89. The van der Waals surface area contributed by atoms with E-state index in [1.54, 1.807) is 0 Å². The molecule has 162 valence electrons. The van der Waals surface area contributed by atoms with Crippen molar-refractivity contribution in [3.05, 3.63) is 84.7 Å². The zero-order chi connectivity index (χ0) is 22.1. The first kappa shape index (κ1) is 20.5. The number of benzene rings is 3. The standard InChI is InChI=1S/C24H21FN4O2S/c25-21-7-3-4-8-23(21)32(30,31)29-15-13-28(14-16-29)24-12-11-22(26-27-24)20-10-9-18-5-1-2-6-19(18)17-20/h1-12,17H,13-16H2. The van der Waals surface area contributed by atoms with Gasteiger partial charge in [-0.05, 0) is 41.1 Å². The van der Waals surface area contributed by atoms with Crippen molar-refractivity contribution in [2.45, 2.75) is 4.90 Å². The summed E-state index contributed by atoms with van der Waals surface area (Å²) < 4.78 is 40.9. The minimum absolute atomic E-state index is 0.255. The van der Waals surface area contributed by atoms with Gasteiger partial charge >= 0.3 is 0 Å². The maximum atomic E-state index is 14.0. The van der Waals surface area contributed by atoms with E-state index < -0.39 is 15.8 Å². The van der Waals surface area contributed by atoms with Gasteiger partial charge in [0.15, 0.2) is 5.82 Å². The first-order valence-electron chi connectivity index (χ1n) is 10.3. The average molecular weight is 449 g/mol. The van der Waals surface area contributed by atoms with Crippen LogP contribution in [0.1, 0.15) is 0 Å². The summed E-state index contributed by atoms with van der Waals surface area (Å²) in [5.74, 6) is -0.0393. The molecule has 5 rings (SSSR count). The minimum Gasteiger partial charge on any atom is -0.352 e. The van der Waals surface area contributed by atoms with Crippen LogP contribution in [0.4, 0.5) is 10.2 Å². The first-order chi connectivity index (χ1) is 15.5. The van der Waals surface area contributed by atoms with E-state index in [0.717, 1.165) is 22.7 Å².